The fourth-order valence-corrected chi connectivity index (χ4v) is 2.10. The predicted molar refractivity (Wildman–Crippen MR) is 76.7 cm³/mol. The lowest BCUT2D eigenvalue weighted by molar-refractivity contribution is -0.385. The van der Waals surface area contributed by atoms with Crippen molar-refractivity contribution in [1.82, 2.24) is 4.98 Å². The molecule has 0 saturated carbocycles. The highest BCUT2D eigenvalue weighted by Crippen LogP contribution is 2.36. The molecular formula is C12H8BrClN2O4. The molecule has 2 rings (SSSR count). The van der Waals surface area contributed by atoms with Crippen LogP contribution in [0.5, 0.6) is 17.4 Å². The van der Waals surface area contributed by atoms with Gasteiger partial charge in [0, 0.05) is 10.7 Å². The van der Waals surface area contributed by atoms with E-state index in [1.54, 1.807) is 12.1 Å². The van der Waals surface area contributed by atoms with E-state index in [4.69, 9.17) is 21.1 Å². The largest absolute Gasteiger partial charge is 0.496 e. The lowest BCUT2D eigenvalue weighted by Gasteiger charge is -2.08. The Kier molecular flexibility index (Phi) is 4.41. The molecule has 0 unspecified atom stereocenters. The highest BCUT2D eigenvalue weighted by molar-refractivity contribution is 9.10. The van der Waals surface area contributed by atoms with Gasteiger partial charge in [0.2, 0.25) is 11.6 Å². The van der Waals surface area contributed by atoms with Crippen molar-refractivity contribution in [1.29, 1.82) is 0 Å². The number of halogens is 2. The summed E-state index contributed by atoms with van der Waals surface area (Å²) in [5.41, 5.74) is -0.231. The summed E-state index contributed by atoms with van der Waals surface area (Å²) in [6.07, 6.45) is 1.48. The van der Waals surface area contributed by atoms with Gasteiger partial charge in [0.05, 0.1) is 18.1 Å². The minimum absolute atomic E-state index is 0.0347. The average Bonchev–Trinajstić information content (AvgIpc) is 2.42. The van der Waals surface area contributed by atoms with Crippen LogP contribution in [-0.2, 0) is 0 Å². The molecule has 1 heterocycles. The standard InChI is InChI=1S/C12H8BrClN2O4/c1-19-8-2-3-11(10(5-8)16(17)18)20-12-9(14)4-7(13)6-15-12/h2-6H,1H3. The van der Waals surface area contributed by atoms with Gasteiger partial charge in [-0.25, -0.2) is 4.98 Å². The number of hydrogen-bond acceptors (Lipinski definition) is 5. The molecule has 0 aliphatic carbocycles. The summed E-state index contributed by atoms with van der Waals surface area (Å²) in [6.45, 7) is 0. The monoisotopic (exact) mass is 358 g/mol. The lowest BCUT2D eigenvalue weighted by Crippen LogP contribution is -1.96. The van der Waals surface area contributed by atoms with Crippen molar-refractivity contribution < 1.29 is 14.4 Å². The molecule has 0 atom stereocenters. The average molecular weight is 360 g/mol. The summed E-state index contributed by atoms with van der Waals surface area (Å²) in [5, 5.41) is 11.3. The first-order valence-corrected chi connectivity index (χ1v) is 6.49. The maximum atomic E-state index is 11.0. The molecule has 6 nitrogen and oxygen atoms in total. The minimum Gasteiger partial charge on any atom is -0.496 e. The Morgan fingerprint density at radius 2 is 2.15 bits per heavy atom. The molecule has 1 aromatic carbocycles. The second-order valence-electron chi connectivity index (χ2n) is 3.63. The maximum Gasteiger partial charge on any atom is 0.315 e. The fourth-order valence-electron chi connectivity index (χ4n) is 1.43. The minimum atomic E-state index is -0.565. The first kappa shape index (κ1) is 14.5. The Morgan fingerprint density at radius 3 is 2.75 bits per heavy atom. The molecule has 0 aliphatic rings. The molecular weight excluding hydrogens is 351 g/mol. The number of methoxy groups -OCH3 is 1. The molecule has 0 N–H and O–H groups in total. The quantitative estimate of drug-likeness (QED) is 0.604. The number of nitro benzene ring substituents is 1. The van der Waals surface area contributed by atoms with Gasteiger partial charge in [-0.15, -0.1) is 0 Å². The molecule has 2 aromatic rings. The van der Waals surface area contributed by atoms with Crippen LogP contribution in [-0.4, -0.2) is 17.0 Å². The van der Waals surface area contributed by atoms with Gasteiger partial charge in [-0.1, -0.05) is 11.6 Å². The van der Waals surface area contributed by atoms with Crippen LogP contribution < -0.4 is 9.47 Å². The van der Waals surface area contributed by atoms with Crippen LogP contribution in [0.4, 0.5) is 5.69 Å². The number of ether oxygens (including phenoxy) is 2. The van der Waals surface area contributed by atoms with Gasteiger partial charge in [0.25, 0.3) is 0 Å². The molecule has 0 saturated heterocycles. The lowest BCUT2D eigenvalue weighted by atomic mass is 10.3. The number of hydrogen-bond donors (Lipinski definition) is 0. The molecule has 0 spiro atoms. The van der Waals surface area contributed by atoms with E-state index in [1.807, 2.05) is 0 Å². The highest BCUT2D eigenvalue weighted by Gasteiger charge is 2.18. The molecule has 0 aliphatic heterocycles. The zero-order valence-corrected chi connectivity index (χ0v) is 12.5. The number of rotatable bonds is 4. The van der Waals surface area contributed by atoms with Crippen molar-refractivity contribution in [2.24, 2.45) is 0 Å². The van der Waals surface area contributed by atoms with Gasteiger partial charge in [0.15, 0.2) is 0 Å². The van der Waals surface area contributed by atoms with Crippen molar-refractivity contribution in [2.45, 2.75) is 0 Å². The first-order chi connectivity index (χ1) is 9.51. The van der Waals surface area contributed by atoms with E-state index in [1.165, 1.54) is 25.4 Å². The van der Waals surface area contributed by atoms with E-state index >= 15 is 0 Å². The number of aromatic nitrogens is 1. The third kappa shape index (κ3) is 3.17. The van der Waals surface area contributed by atoms with E-state index in [0.717, 1.165) is 0 Å². The van der Waals surface area contributed by atoms with Gasteiger partial charge < -0.3 is 9.47 Å². The smallest absolute Gasteiger partial charge is 0.315 e. The first-order valence-electron chi connectivity index (χ1n) is 5.32. The number of nitrogens with zero attached hydrogens (tertiary/aromatic N) is 2. The van der Waals surface area contributed by atoms with E-state index in [-0.39, 0.29) is 22.3 Å². The van der Waals surface area contributed by atoms with Gasteiger partial charge in [0.1, 0.15) is 10.8 Å². The summed E-state index contributed by atoms with van der Waals surface area (Å²) in [7, 11) is 1.42. The van der Waals surface area contributed by atoms with Gasteiger partial charge in [-0.2, -0.15) is 0 Å². The van der Waals surface area contributed by atoms with E-state index < -0.39 is 4.92 Å². The van der Waals surface area contributed by atoms with Gasteiger partial charge in [-0.05, 0) is 34.1 Å². The van der Waals surface area contributed by atoms with Crippen molar-refractivity contribution in [2.75, 3.05) is 7.11 Å². The van der Waals surface area contributed by atoms with Crippen LogP contribution in [0.2, 0.25) is 5.02 Å². The van der Waals surface area contributed by atoms with Crippen molar-refractivity contribution >= 4 is 33.2 Å². The molecule has 8 heteroatoms. The number of pyridine rings is 1. The topological polar surface area (TPSA) is 74.5 Å². The molecule has 0 amide bonds. The normalized spacial score (nSPS) is 10.2. The maximum absolute atomic E-state index is 11.0. The molecule has 20 heavy (non-hydrogen) atoms. The Bertz CT molecular complexity index is 666. The van der Waals surface area contributed by atoms with Crippen LogP contribution in [0.3, 0.4) is 0 Å². The van der Waals surface area contributed by atoms with Crippen LogP contribution >= 0.6 is 27.5 Å². The summed E-state index contributed by atoms with van der Waals surface area (Å²) >= 11 is 9.17. The van der Waals surface area contributed by atoms with Gasteiger partial charge >= 0.3 is 5.69 Å². The zero-order chi connectivity index (χ0) is 14.7. The Balaban J connectivity index is 2.40. The molecule has 0 radical (unpaired) electrons. The molecule has 0 bridgehead atoms. The third-order valence-electron chi connectivity index (χ3n) is 2.34. The zero-order valence-electron chi connectivity index (χ0n) is 10.2. The second kappa shape index (κ2) is 6.06. The van der Waals surface area contributed by atoms with E-state index in [9.17, 15) is 10.1 Å². The number of benzene rings is 1. The molecule has 1 aromatic heterocycles. The second-order valence-corrected chi connectivity index (χ2v) is 4.96. The van der Waals surface area contributed by atoms with E-state index in [0.29, 0.717) is 10.2 Å². The Hall–Kier alpha value is -1.86. The molecule has 104 valence electrons. The van der Waals surface area contributed by atoms with Crippen LogP contribution in [0.25, 0.3) is 0 Å². The van der Waals surface area contributed by atoms with Crippen LogP contribution in [0.15, 0.2) is 34.9 Å². The Labute approximate surface area is 127 Å². The van der Waals surface area contributed by atoms with Gasteiger partial charge in [-0.3, -0.25) is 10.1 Å². The SMILES string of the molecule is COc1ccc(Oc2ncc(Br)cc2Cl)c([N+](=O)[O-])c1. The van der Waals surface area contributed by atoms with Crippen molar-refractivity contribution in [3.8, 4) is 17.4 Å². The van der Waals surface area contributed by atoms with Crippen molar-refractivity contribution in [3.63, 3.8) is 0 Å². The highest BCUT2D eigenvalue weighted by atomic mass is 79.9. The summed E-state index contributed by atoms with van der Waals surface area (Å²) in [4.78, 5) is 14.4. The van der Waals surface area contributed by atoms with Crippen LogP contribution in [0.1, 0.15) is 0 Å². The fraction of sp³-hybridized carbons (Fsp3) is 0.0833. The van der Waals surface area contributed by atoms with Crippen LogP contribution in [0, 0.1) is 10.1 Å². The predicted octanol–water partition coefficient (Wildman–Crippen LogP) is 4.21. The summed E-state index contributed by atoms with van der Waals surface area (Å²) in [5.74, 6) is 0.481. The summed E-state index contributed by atoms with van der Waals surface area (Å²) < 4.78 is 11.0. The number of nitro groups is 1. The summed E-state index contributed by atoms with van der Waals surface area (Å²) in [6, 6.07) is 5.83. The van der Waals surface area contributed by atoms with E-state index in [2.05, 4.69) is 20.9 Å². The Morgan fingerprint density at radius 1 is 1.40 bits per heavy atom. The van der Waals surface area contributed by atoms with Crippen molar-refractivity contribution in [3.05, 3.63) is 50.1 Å². The third-order valence-corrected chi connectivity index (χ3v) is 3.05. The molecule has 0 fully saturated rings.